The lowest BCUT2D eigenvalue weighted by molar-refractivity contribution is 1.36. The van der Waals surface area contributed by atoms with Gasteiger partial charge in [0, 0.05) is 16.3 Å². The lowest BCUT2D eigenvalue weighted by atomic mass is 10.2. The number of halogens is 1. The average molecular weight is 184 g/mol. The summed E-state index contributed by atoms with van der Waals surface area (Å²) >= 11 is 7.60. The van der Waals surface area contributed by atoms with Crippen LogP contribution in [0.3, 0.4) is 0 Å². The second kappa shape index (κ2) is 2.47. The summed E-state index contributed by atoms with van der Waals surface area (Å²) in [4.78, 5) is 4.01. The number of rotatable bonds is 0. The molecule has 3 heteroatoms. The van der Waals surface area contributed by atoms with Gasteiger partial charge in [0.2, 0.25) is 0 Å². The molecule has 2 rings (SSSR count). The average Bonchev–Trinajstić information content (AvgIpc) is 2.34. The van der Waals surface area contributed by atoms with Crippen LogP contribution >= 0.6 is 22.9 Å². The number of thiophene rings is 1. The molecule has 1 nitrogen and oxygen atoms in total. The SMILES string of the molecule is Cc1csc2ccnc(Cl)c12. The summed E-state index contributed by atoms with van der Waals surface area (Å²) in [6, 6.07) is 1.98. The Hall–Kier alpha value is -0.600. The molecule has 2 heterocycles. The Morgan fingerprint density at radius 2 is 2.36 bits per heavy atom. The van der Waals surface area contributed by atoms with Crippen LogP contribution in [-0.2, 0) is 0 Å². The first-order chi connectivity index (χ1) is 5.29. The second-order valence-electron chi connectivity index (χ2n) is 2.39. The smallest absolute Gasteiger partial charge is 0.137 e. The first kappa shape index (κ1) is 7.07. The van der Waals surface area contributed by atoms with Crippen LogP contribution in [0.4, 0.5) is 0 Å². The lowest BCUT2D eigenvalue weighted by Crippen LogP contribution is -1.74. The number of aromatic nitrogens is 1. The predicted molar refractivity (Wildman–Crippen MR) is 49.4 cm³/mol. The van der Waals surface area contributed by atoms with E-state index in [1.54, 1.807) is 17.5 Å². The monoisotopic (exact) mass is 183 g/mol. The molecule has 0 radical (unpaired) electrons. The minimum Gasteiger partial charge on any atom is -0.244 e. The van der Waals surface area contributed by atoms with Crippen molar-refractivity contribution >= 4 is 33.0 Å². The fourth-order valence-corrected chi connectivity index (χ4v) is 2.39. The molecule has 11 heavy (non-hydrogen) atoms. The molecule has 56 valence electrons. The Morgan fingerprint density at radius 1 is 1.55 bits per heavy atom. The molecule has 0 unspecified atom stereocenters. The molecule has 0 aromatic carbocycles. The third-order valence-electron chi connectivity index (χ3n) is 1.62. The van der Waals surface area contributed by atoms with E-state index in [1.165, 1.54) is 10.3 Å². The van der Waals surface area contributed by atoms with Gasteiger partial charge >= 0.3 is 0 Å². The lowest BCUT2D eigenvalue weighted by Gasteiger charge is -1.92. The van der Waals surface area contributed by atoms with E-state index in [0.717, 1.165) is 5.39 Å². The van der Waals surface area contributed by atoms with Gasteiger partial charge in [-0.3, -0.25) is 0 Å². The molecule has 2 aromatic rings. The fourth-order valence-electron chi connectivity index (χ4n) is 1.09. The number of hydrogen-bond acceptors (Lipinski definition) is 2. The third-order valence-corrected chi connectivity index (χ3v) is 2.98. The largest absolute Gasteiger partial charge is 0.244 e. The van der Waals surface area contributed by atoms with E-state index in [9.17, 15) is 0 Å². The van der Waals surface area contributed by atoms with E-state index in [4.69, 9.17) is 11.6 Å². The molecule has 0 spiro atoms. The zero-order valence-electron chi connectivity index (χ0n) is 5.97. The Kier molecular flexibility index (Phi) is 1.59. The Bertz CT molecular complexity index is 394. The van der Waals surface area contributed by atoms with Crippen molar-refractivity contribution < 1.29 is 0 Å². The van der Waals surface area contributed by atoms with Gasteiger partial charge in [-0.1, -0.05) is 11.6 Å². The van der Waals surface area contributed by atoms with Crippen molar-refractivity contribution in [2.24, 2.45) is 0 Å². The van der Waals surface area contributed by atoms with Crippen LogP contribution in [0.15, 0.2) is 17.6 Å². The zero-order valence-corrected chi connectivity index (χ0v) is 7.54. The highest BCUT2D eigenvalue weighted by Gasteiger charge is 2.03. The van der Waals surface area contributed by atoms with Crippen LogP contribution in [0.5, 0.6) is 0 Å². The highest BCUT2D eigenvalue weighted by Crippen LogP contribution is 2.29. The van der Waals surface area contributed by atoms with Crippen molar-refractivity contribution in [1.82, 2.24) is 4.98 Å². The number of fused-ring (bicyclic) bond motifs is 1. The summed E-state index contributed by atoms with van der Waals surface area (Å²) in [7, 11) is 0. The van der Waals surface area contributed by atoms with Crippen LogP contribution < -0.4 is 0 Å². The van der Waals surface area contributed by atoms with E-state index in [0.29, 0.717) is 5.15 Å². The Labute approximate surface area is 73.6 Å². The van der Waals surface area contributed by atoms with Gasteiger partial charge in [-0.25, -0.2) is 4.98 Å². The molecular formula is C8H6ClNS. The molecule has 2 aromatic heterocycles. The number of nitrogens with zero attached hydrogens (tertiary/aromatic N) is 1. The van der Waals surface area contributed by atoms with Gasteiger partial charge in [0.1, 0.15) is 5.15 Å². The van der Waals surface area contributed by atoms with Gasteiger partial charge in [-0.2, -0.15) is 0 Å². The van der Waals surface area contributed by atoms with Crippen molar-refractivity contribution in [3.05, 3.63) is 28.4 Å². The second-order valence-corrected chi connectivity index (χ2v) is 3.66. The van der Waals surface area contributed by atoms with Gasteiger partial charge in [0.15, 0.2) is 0 Å². The number of pyridine rings is 1. The number of aryl methyl sites for hydroxylation is 1. The van der Waals surface area contributed by atoms with Crippen molar-refractivity contribution in [3.8, 4) is 0 Å². The molecule has 0 aliphatic rings. The topological polar surface area (TPSA) is 12.9 Å². The zero-order chi connectivity index (χ0) is 7.84. The molecule has 0 saturated carbocycles. The molecule has 0 amide bonds. The minimum atomic E-state index is 0.612. The molecule has 0 aliphatic heterocycles. The summed E-state index contributed by atoms with van der Waals surface area (Å²) in [5.41, 5.74) is 1.21. The van der Waals surface area contributed by atoms with Crippen molar-refractivity contribution in [1.29, 1.82) is 0 Å². The van der Waals surface area contributed by atoms with Gasteiger partial charge in [0.25, 0.3) is 0 Å². The van der Waals surface area contributed by atoms with Crippen LogP contribution in [-0.4, -0.2) is 4.98 Å². The summed E-state index contributed by atoms with van der Waals surface area (Å²) in [6.45, 7) is 2.05. The Morgan fingerprint density at radius 3 is 3.09 bits per heavy atom. The summed E-state index contributed by atoms with van der Waals surface area (Å²) in [6.07, 6.45) is 1.74. The summed E-state index contributed by atoms with van der Waals surface area (Å²) < 4.78 is 1.21. The summed E-state index contributed by atoms with van der Waals surface area (Å²) in [5, 5.41) is 3.80. The van der Waals surface area contributed by atoms with Gasteiger partial charge in [-0.05, 0) is 23.9 Å². The molecule has 0 N–H and O–H groups in total. The molecular weight excluding hydrogens is 178 g/mol. The number of hydrogen-bond donors (Lipinski definition) is 0. The third kappa shape index (κ3) is 1.03. The predicted octanol–water partition coefficient (Wildman–Crippen LogP) is 3.26. The maximum Gasteiger partial charge on any atom is 0.137 e. The van der Waals surface area contributed by atoms with E-state index in [1.807, 2.05) is 13.0 Å². The van der Waals surface area contributed by atoms with E-state index >= 15 is 0 Å². The van der Waals surface area contributed by atoms with Crippen LogP contribution in [0, 0.1) is 6.92 Å². The molecule has 0 fully saturated rings. The molecule has 0 aliphatic carbocycles. The maximum atomic E-state index is 5.90. The first-order valence-corrected chi connectivity index (χ1v) is 4.53. The van der Waals surface area contributed by atoms with E-state index in [2.05, 4.69) is 10.4 Å². The van der Waals surface area contributed by atoms with Gasteiger partial charge in [0.05, 0.1) is 0 Å². The molecule has 0 bridgehead atoms. The summed E-state index contributed by atoms with van der Waals surface area (Å²) in [5.74, 6) is 0. The van der Waals surface area contributed by atoms with Gasteiger partial charge < -0.3 is 0 Å². The Balaban J connectivity index is 2.96. The minimum absolute atomic E-state index is 0.612. The van der Waals surface area contributed by atoms with E-state index < -0.39 is 0 Å². The van der Waals surface area contributed by atoms with Crippen molar-refractivity contribution in [2.75, 3.05) is 0 Å². The normalized spacial score (nSPS) is 10.7. The highest BCUT2D eigenvalue weighted by molar-refractivity contribution is 7.17. The van der Waals surface area contributed by atoms with Crippen molar-refractivity contribution in [3.63, 3.8) is 0 Å². The van der Waals surface area contributed by atoms with Crippen LogP contribution in [0.1, 0.15) is 5.56 Å². The van der Waals surface area contributed by atoms with Crippen LogP contribution in [0.2, 0.25) is 5.15 Å². The van der Waals surface area contributed by atoms with Crippen LogP contribution in [0.25, 0.3) is 10.1 Å². The fraction of sp³-hybridized carbons (Fsp3) is 0.125. The first-order valence-electron chi connectivity index (χ1n) is 3.27. The van der Waals surface area contributed by atoms with Gasteiger partial charge in [-0.15, -0.1) is 11.3 Å². The molecule has 0 saturated heterocycles. The highest BCUT2D eigenvalue weighted by atomic mass is 35.5. The maximum absolute atomic E-state index is 5.90. The van der Waals surface area contributed by atoms with E-state index in [-0.39, 0.29) is 0 Å². The van der Waals surface area contributed by atoms with Crippen molar-refractivity contribution in [2.45, 2.75) is 6.92 Å². The standard InChI is InChI=1S/C8H6ClNS/c1-5-4-11-6-2-3-10-8(9)7(5)6/h2-4H,1H3. The quantitative estimate of drug-likeness (QED) is 0.572. The molecule has 0 atom stereocenters.